The SMILES string of the molecule is Cc1nc(Br)cc(NCC2(N(C)C)CCCC(C)C2)n1. The lowest BCUT2D eigenvalue weighted by Crippen LogP contribution is -2.52. The first-order valence-corrected chi connectivity index (χ1v) is 8.13. The largest absolute Gasteiger partial charge is 0.368 e. The number of likely N-dealkylation sites (N-methyl/N-ethyl adjacent to an activating group) is 1. The van der Waals surface area contributed by atoms with Gasteiger partial charge < -0.3 is 10.2 Å². The highest BCUT2D eigenvalue weighted by Crippen LogP contribution is 2.35. The maximum atomic E-state index is 4.46. The minimum Gasteiger partial charge on any atom is -0.368 e. The molecule has 0 saturated heterocycles. The van der Waals surface area contributed by atoms with Gasteiger partial charge in [-0.15, -0.1) is 0 Å². The highest BCUT2D eigenvalue weighted by Gasteiger charge is 2.36. The van der Waals surface area contributed by atoms with Crippen LogP contribution >= 0.6 is 15.9 Å². The summed E-state index contributed by atoms with van der Waals surface area (Å²) in [5.41, 5.74) is 0.239. The Bertz CT molecular complexity index is 443. The highest BCUT2D eigenvalue weighted by atomic mass is 79.9. The topological polar surface area (TPSA) is 41.1 Å². The van der Waals surface area contributed by atoms with E-state index < -0.39 is 0 Å². The maximum absolute atomic E-state index is 4.46. The monoisotopic (exact) mass is 340 g/mol. The van der Waals surface area contributed by atoms with E-state index in [1.165, 1.54) is 25.7 Å². The van der Waals surface area contributed by atoms with E-state index in [-0.39, 0.29) is 5.54 Å². The van der Waals surface area contributed by atoms with Crippen molar-refractivity contribution >= 4 is 21.7 Å². The molecule has 20 heavy (non-hydrogen) atoms. The number of aryl methyl sites for hydroxylation is 1. The van der Waals surface area contributed by atoms with E-state index in [4.69, 9.17) is 0 Å². The molecule has 0 radical (unpaired) electrons. The first-order chi connectivity index (χ1) is 9.41. The van der Waals surface area contributed by atoms with Crippen LogP contribution in [0.25, 0.3) is 0 Å². The number of aromatic nitrogens is 2. The Morgan fingerprint density at radius 3 is 2.80 bits per heavy atom. The third-order valence-corrected chi connectivity index (χ3v) is 4.83. The second-order valence-electron chi connectivity index (χ2n) is 6.30. The van der Waals surface area contributed by atoms with Crippen molar-refractivity contribution in [3.05, 3.63) is 16.5 Å². The van der Waals surface area contributed by atoms with Crippen molar-refractivity contribution in [2.75, 3.05) is 26.0 Å². The lowest BCUT2D eigenvalue weighted by molar-refractivity contribution is 0.0881. The van der Waals surface area contributed by atoms with Gasteiger partial charge in [0.25, 0.3) is 0 Å². The zero-order chi connectivity index (χ0) is 14.8. The Kier molecular flexibility index (Phi) is 5.02. The fraction of sp³-hybridized carbons (Fsp3) is 0.733. The summed E-state index contributed by atoms with van der Waals surface area (Å²) < 4.78 is 0.836. The first-order valence-electron chi connectivity index (χ1n) is 7.34. The number of anilines is 1. The molecule has 1 aromatic heterocycles. The number of rotatable bonds is 4. The predicted octanol–water partition coefficient (Wildman–Crippen LogP) is 3.47. The minimum absolute atomic E-state index is 0.239. The van der Waals surface area contributed by atoms with Gasteiger partial charge in [-0.1, -0.05) is 19.8 Å². The molecule has 0 spiro atoms. The van der Waals surface area contributed by atoms with Gasteiger partial charge in [-0.2, -0.15) is 0 Å². The highest BCUT2D eigenvalue weighted by molar-refractivity contribution is 9.10. The molecule has 2 rings (SSSR count). The van der Waals surface area contributed by atoms with E-state index in [9.17, 15) is 0 Å². The molecule has 0 bridgehead atoms. The third kappa shape index (κ3) is 3.70. The van der Waals surface area contributed by atoms with Gasteiger partial charge in [-0.25, -0.2) is 9.97 Å². The summed E-state index contributed by atoms with van der Waals surface area (Å²) in [5.74, 6) is 2.49. The summed E-state index contributed by atoms with van der Waals surface area (Å²) in [7, 11) is 4.39. The molecule has 1 aromatic rings. The average molecular weight is 341 g/mol. The molecule has 1 aliphatic rings. The smallest absolute Gasteiger partial charge is 0.130 e. The molecule has 2 unspecified atom stereocenters. The van der Waals surface area contributed by atoms with Gasteiger partial charge in [0.05, 0.1) is 0 Å². The number of nitrogens with one attached hydrogen (secondary N) is 1. The van der Waals surface area contributed by atoms with Gasteiger partial charge in [-0.05, 0) is 55.7 Å². The Hall–Kier alpha value is -0.680. The molecule has 1 fully saturated rings. The molecule has 0 amide bonds. The van der Waals surface area contributed by atoms with Crippen LogP contribution in [-0.4, -0.2) is 41.0 Å². The van der Waals surface area contributed by atoms with Gasteiger partial charge >= 0.3 is 0 Å². The maximum Gasteiger partial charge on any atom is 0.130 e. The van der Waals surface area contributed by atoms with Crippen molar-refractivity contribution in [1.29, 1.82) is 0 Å². The lowest BCUT2D eigenvalue weighted by atomic mass is 9.75. The van der Waals surface area contributed by atoms with Crippen molar-refractivity contribution in [2.24, 2.45) is 5.92 Å². The van der Waals surface area contributed by atoms with Crippen LogP contribution in [0.3, 0.4) is 0 Å². The number of hydrogen-bond donors (Lipinski definition) is 1. The molecule has 2 atom stereocenters. The summed E-state index contributed by atoms with van der Waals surface area (Å²) in [4.78, 5) is 11.1. The fourth-order valence-electron chi connectivity index (χ4n) is 3.23. The van der Waals surface area contributed by atoms with Gasteiger partial charge in [-0.3, -0.25) is 0 Å². The van der Waals surface area contributed by atoms with Crippen molar-refractivity contribution < 1.29 is 0 Å². The zero-order valence-electron chi connectivity index (χ0n) is 12.9. The van der Waals surface area contributed by atoms with Crippen LogP contribution in [0.5, 0.6) is 0 Å². The van der Waals surface area contributed by atoms with Crippen molar-refractivity contribution in [1.82, 2.24) is 14.9 Å². The molecule has 1 heterocycles. The average Bonchev–Trinajstić information content (AvgIpc) is 2.35. The Morgan fingerprint density at radius 2 is 2.20 bits per heavy atom. The van der Waals surface area contributed by atoms with Crippen molar-refractivity contribution in [3.8, 4) is 0 Å². The predicted molar refractivity (Wildman–Crippen MR) is 87.0 cm³/mol. The minimum atomic E-state index is 0.239. The van der Waals surface area contributed by atoms with Crippen LogP contribution in [0, 0.1) is 12.8 Å². The Morgan fingerprint density at radius 1 is 1.45 bits per heavy atom. The third-order valence-electron chi connectivity index (χ3n) is 4.42. The number of nitrogens with zero attached hydrogens (tertiary/aromatic N) is 3. The summed E-state index contributed by atoms with van der Waals surface area (Å²) in [5, 5.41) is 3.52. The van der Waals surface area contributed by atoms with Crippen LogP contribution in [0.1, 0.15) is 38.4 Å². The molecule has 0 aromatic carbocycles. The van der Waals surface area contributed by atoms with Gasteiger partial charge in [0, 0.05) is 18.2 Å². The molecule has 1 N–H and O–H groups in total. The standard InChI is InChI=1S/C15H25BrN4/c1-11-6-5-7-15(9-11,20(3)4)10-17-14-8-13(16)18-12(2)19-14/h8,11H,5-7,9-10H2,1-4H3,(H,17,18,19). The molecule has 0 aliphatic heterocycles. The zero-order valence-corrected chi connectivity index (χ0v) is 14.5. The van der Waals surface area contributed by atoms with E-state index >= 15 is 0 Å². The number of halogens is 1. The fourth-order valence-corrected chi connectivity index (χ4v) is 3.71. The molecular formula is C15H25BrN4. The molecule has 5 heteroatoms. The first kappa shape index (κ1) is 15.7. The van der Waals surface area contributed by atoms with E-state index in [2.05, 4.69) is 57.1 Å². The molecule has 112 valence electrons. The van der Waals surface area contributed by atoms with Gasteiger partial charge in [0.2, 0.25) is 0 Å². The van der Waals surface area contributed by atoms with E-state index in [1.54, 1.807) is 0 Å². The summed E-state index contributed by atoms with van der Waals surface area (Å²) in [6.45, 7) is 5.22. The molecule has 1 aliphatic carbocycles. The van der Waals surface area contributed by atoms with Crippen LogP contribution < -0.4 is 5.32 Å². The second-order valence-corrected chi connectivity index (χ2v) is 7.11. The van der Waals surface area contributed by atoms with Crippen molar-refractivity contribution in [2.45, 2.75) is 45.1 Å². The second kappa shape index (κ2) is 6.39. The van der Waals surface area contributed by atoms with Crippen molar-refractivity contribution in [3.63, 3.8) is 0 Å². The Balaban J connectivity index is 2.09. The number of hydrogen-bond acceptors (Lipinski definition) is 4. The van der Waals surface area contributed by atoms with Gasteiger partial charge in [0.15, 0.2) is 0 Å². The molecular weight excluding hydrogens is 316 g/mol. The summed E-state index contributed by atoms with van der Waals surface area (Å²) in [6, 6.07) is 1.95. The van der Waals surface area contributed by atoms with E-state index in [0.717, 1.165) is 28.7 Å². The van der Waals surface area contributed by atoms with E-state index in [0.29, 0.717) is 0 Å². The lowest BCUT2D eigenvalue weighted by Gasteiger charge is -2.45. The van der Waals surface area contributed by atoms with Gasteiger partial charge in [0.1, 0.15) is 16.2 Å². The molecule has 4 nitrogen and oxygen atoms in total. The van der Waals surface area contributed by atoms with E-state index in [1.807, 2.05) is 13.0 Å². The normalized spacial score (nSPS) is 26.8. The Labute approximate surface area is 130 Å². The van der Waals surface area contributed by atoms with Crippen LogP contribution in [0.4, 0.5) is 5.82 Å². The molecule has 1 saturated carbocycles. The summed E-state index contributed by atoms with van der Waals surface area (Å²) >= 11 is 3.43. The van der Waals surface area contributed by atoms with Crippen LogP contribution in [0.15, 0.2) is 10.7 Å². The quantitative estimate of drug-likeness (QED) is 0.852. The van der Waals surface area contributed by atoms with Crippen LogP contribution in [-0.2, 0) is 0 Å². The van der Waals surface area contributed by atoms with Crippen LogP contribution in [0.2, 0.25) is 0 Å². The summed E-state index contributed by atoms with van der Waals surface area (Å²) in [6.07, 6.45) is 5.17.